The number of rotatable bonds is 4. The lowest BCUT2D eigenvalue weighted by atomic mass is 10.1. The van der Waals surface area contributed by atoms with E-state index < -0.39 is 0 Å². The van der Waals surface area contributed by atoms with Crippen LogP contribution in [0.1, 0.15) is 23.7 Å². The number of carbonyl (C=O) groups is 1. The van der Waals surface area contributed by atoms with E-state index in [-0.39, 0.29) is 17.2 Å². The number of nitrogens with zero attached hydrogens (tertiary/aromatic N) is 2. The summed E-state index contributed by atoms with van der Waals surface area (Å²) in [6, 6.07) is 5.92. The van der Waals surface area contributed by atoms with Crippen LogP contribution in [-0.4, -0.2) is 26.5 Å². The Labute approximate surface area is 155 Å². The summed E-state index contributed by atoms with van der Waals surface area (Å²) in [5, 5.41) is 3.89. The van der Waals surface area contributed by atoms with E-state index in [1.165, 1.54) is 11.8 Å². The van der Waals surface area contributed by atoms with Crippen molar-refractivity contribution < 1.29 is 4.79 Å². The molecule has 1 amide bonds. The molecule has 25 heavy (non-hydrogen) atoms. The zero-order valence-corrected chi connectivity index (χ0v) is 16.4. The topological polar surface area (TPSA) is 64.0 Å². The Morgan fingerprint density at radius 2 is 2.20 bits per heavy atom. The van der Waals surface area contributed by atoms with Crippen molar-refractivity contribution in [3.63, 3.8) is 0 Å². The molecule has 1 unspecified atom stereocenters. The number of fused-ring (bicyclic) bond motifs is 1. The van der Waals surface area contributed by atoms with Crippen LogP contribution in [0.5, 0.6) is 0 Å². The summed E-state index contributed by atoms with van der Waals surface area (Å²) in [6.07, 6.45) is 0.804. The largest absolute Gasteiger partial charge is 0.325 e. The summed E-state index contributed by atoms with van der Waals surface area (Å²) in [5.74, 6) is 0.115. The zero-order valence-electron chi connectivity index (χ0n) is 14.8. The first-order valence-corrected chi connectivity index (χ1v) is 9.98. The number of amides is 1. The van der Waals surface area contributed by atoms with Gasteiger partial charge in [-0.1, -0.05) is 36.4 Å². The van der Waals surface area contributed by atoms with E-state index in [0.29, 0.717) is 10.4 Å². The Balaban J connectivity index is 1.70. The van der Waals surface area contributed by atoms with Crippen LogP contribution in [0.3, 0.4) is 0 Å². The Morgan fingerprint density at radius 3 is 2.92 bits per heavy atom. The summed E-state index contributed by atoms with van der Waals surface area (Å²) in [7, 11) is 1.71. The summed E-state index contributed by atoms with van der Waals surface area (Å²) < 4.78 is 1.54. The highest BCUT2D eigenvalue weighted by Gasteiger charge is 2.25. The van der Waals surface area contributed by atoms with Crippen molar-refractivity contribution in [2.45, 2.75) is 42.5 Å². The van der Waals surface area contributed by atoms with Crippen LogP contribution in [0.25, 0.3) is 0 Å². The Bertz CT molecular complexity index is 893. The van der Waals surface area contributed by atoms with E-state index in [4.69, 9.17) is 0 Å². The Kier molecular flexibility index (Phi) is 5.24. The van der Waals surface area contributed by atoms with Crippen molar-refractivity contribution in [1.82, 2.24) is 9.55 Å². The third-order valence-corrected chi connectivity index (χ3v) is 6.31. The standard InChI is InChI=1S/C18H21N3O2S2/c1-10-5-6-13(11(2)7-10)19-15(22)9-24-18-20-14-8-12(3)25-16(14)17(23)21(18)4/h5-7,12H,8-9H2,1-4H3,(H,19,22). The molecular formula is C18H21N3O2S2. The molecule has 0 saturated heterocycles. The van der Waals surface area contributed by atoms with Gasteiger partial charge < -0.3 is 5.32 Å². The summed E-state index contributed by atoms with van der Waals surface area (Å²) in [5.41, 5.74) is 3.86. The van der Waals surface area contributed by atoms with Gasteiger partial charge in [-0.25, -0.2) is 4.98 Å². The van der Waals surface area contributed by atoms with E-state index in [1.807, 2.05) is 32.0 Å². The number of carbonyl (C=O) groups excluding carboxylic acids is 1. The summed E-state index contributed by atoms with van der Waals surface area (Å²) in [4.78, 5) is 30.0. The minimum absolute atomic E-state index is 0.0170. The lowest BCUT2D eigenvalue weighted by molar-refractivity contribution is -0.113. The predicted octanol–water partition coefficient (Wildman–Crippen LogP) is 3.16. The number of benzene rings is 1. The van der Waals surface area contributed by atoms with E-state index in [9.17, 15) is 9.59 Å². The van der Waals surface area contributed by atoms with E-state index >= 15 is 0 Å². The van der Waals surface area contributed by atoms with Gasteiger partial charge in [0.1, 0.15) is 0 Å². The molecule has 1 aliphatic rings. The second kappa shape index (κ2) is 7.25. The lowest BCUT2D eigenvalue weighted by Crippen LogP contribution is -2.23. The number of nitrogens with one attached hydrogen (secondary N) is 1. The molecule has 1 atom stereocenters. The Hall–Kier alpha value is -1.73. The van der Waals surface area contributed by atoms with Crippen molar-refractivity contribution in [2.75, 3.05) is 11.1 Å². The molecule has 7 heteroatoms. The highest BCUT2D eigenvalue weighted by molar-refractivity contribution is 8.00. The number of aryl methyl sites for hydroxylation is 2. The van der Waals surface area contributed by atoms with Gasteiger partial charge in [0.2, 0.25) is 5.91 Å². The van der Waals surface area contributed by atoms with Gasteiger partial charge in [-0.15, -0.1) is 11.8 Å². The van der Waals surface area contributed by atoms with Gasteiger partial charge in [0, 0.05) is 24.4 Å². The summed E-state index contributed by atoms with van der Waals surface area (Å²) >= 11 is 2.88. The quantitative estimate of drug-likeness (QED) is 0.657. The van der Waals surface area contributed by atoms with Crippen molar-refractivity contribution in [2.24, 2.45) is 7.05 Å². The van der Waals surface area contributed by atoms with Crippen LogP contribution < -0.4 is 10.9 Å². The molecular weight excluding hydrogens is 354 g/mol. The number of aromatic nitrogens is 2. The van der Waals surface area contributed by atoms with Crippen LogP contribution in [0, 0.1) is 13.8 Å². The van der Waals surface area contributed by atoms with Crippen LogP contribution in [0.4, 0.5) is 5.69 Å². The zero-order chi connectivity index (χ0) is 18.1. The highest BCUT2D eigenvalue weighted by Crippen LogP contribution is 2.33. The average molecular weight is 376 g/mol. The van der Waals surface area contributed by atoms with Crippen LogP contribution in [-0.2, 0) is 18.3 Å². The van der Waals surface area contributed by atoms with Crippen LogP contribution >= 0.6 is 23.5 Å². The van der Waals surface area contributed by atoms with E-state index in [1.54, 1.807) is 23.4 Å². The normalized spacial score (nSPS) is 15.9. The molecule has 132 valence electrons. The monoisotopic (exact) mass is 375 g/mol. The van der Waals surface area contributed by atoms with Gasteiger partial charge in [0.15, 0.2) is 5.16 Å². The number of thioether (sulfide) groups is 2. The molecule has 1 aliphatic heterocycles. The molecule has 3 rings (SSSR count). The van der Waals surface area contributed by atoms with Crippen molar-refractivity contribution in [3.05, 3.63) is 45.4 Å². The fourth-order valence-electron chi connectivity index (χ4n) is 2.78. The molecule has 1 aromatic heterocycles. The van der Waals surface area contributed by atoms with Gasteiger partial charge in [-0.3, -0.25) is 14.2 Å². The highest BCUT2D eigenvalue weighted by atomic mass is 32.2. The summed E-state index contributed by atoms with van der Waals surface area (Å²) in [6.45, 7) is 6.09. The van der Waals surface area contributed by atoms with Gasteiger partial charge in [-0.05, 0) is 25.5 Å². The fraction of sp³-hybridized carbons (Fsp3) is 0.389. The maximum Gasteiger partial charge on any atom is 0.267 e. The molecule has 0 fully saturated rings. The first-order valence-electron chi connectivity index (χ1n) is 8.11. The molecule has 0 saturated carbocycles. The molecule has 1 aromatic carbocycles. The lowest BCUT2D eigenvalue weighted by Gasteiger charge is -2.11. The third-order valence-electron chi connectivity index (χ3n) is 4.07. The Morgan fingerprint density at radius 1 is 1.44 bits per heavy atom. The number of hydrogen-bond donors (Lipinski definition) is 1. The second-order valence-electron chi connectivity index (χ2n) is 6.32. The molecule has 0 aliphatic carbocycles. The SMILES string of the molecule is Cc1ccc(NC(=O)CSc2nc3c(c(=O)n2C)SC(C)C3)c(C)c1. The predicted molar refractivity (Wildman–Crippen MR) is 104 cm³/mol. The molecule has 0 bridgehead atoms. The van der Waals surface area contributed by atoms with Gasteiger partial charge in [0.25, 0.3) is 5.56 Å². The minimum atomic E-state index is -0.102. The fourth-order valence-corrected chi connectivity index (χ4v) is 4.71. The molecule has 5 nitrogen and oxygen atoms in total. The van der Waals surface area contributed by atoms with E-state index in [0.717, 1.165) is 33.8 Å². The molecule has 2 aromatic rings. The maximum atomic E-state index is 12.4. The number of hydrogen-bond acceptors (Lipinski definition) is 5. The molecule has 0 spiro atoms. The first-order chi connectivity index (χ1) is 11.8. The van der Waals surface area contributed by atoms with Crippen molar-refractivity contribution in [1.29, 1.82) is 0 Å². The number of anilines is 1. The van der Waals surface area contributed by atoms with Gasteiger partial charge in [0.05, 0.1) is 16.3 Å². The van der Waals surface area contributed by atoms with Crippen molar-refractivity contribution in [3.8, 4) is 0 Å². The minimum Gasteiger partial charge on any atom is -0.325 e. The van der Waals surface area contributed by atoms with Crippen molar-refractivity contribution >= 4 is 35.1 Å². The molecule has 1 N–H and O–H groups in total. The second-order valence-corrected chi connectivity index (χ2v) is 8.71. The van der Waals surface area contributed by atoms with Crippen LogP contribution in [0.15, 0.2) is 33.0 Å². The van der Waals surface area contributed by atoms with Gasteiger partial charge >= 0.3 is 0 Å². The third kappa shape index (κ3) is 3.93. The van der Waals surface area contributed by atoms with Crippen LogP contribution in [0.2, 0.25) is 0 Å². The molecule has 0 radical (unpaired) electrons. The molecule has 2 heterocycles. The first kappa shape index (κ1) is 18.1. The average Bonchev–Trinajstić information content (AvgIpc) is 2.93. The van der Waals surface area contributed by atoms with E-state index in [2.05, 4.69) is 17.2 Å². The smallest absolute Gasteiger partial charge is 0.267 e. The maximum absolute atomic E-state index is 12.4. The van der Waals surface area contributed by atoms with Gasteiger partial charge in [-0.2, -0.15) is 0 Å².